The second kappa shape index (κ2) is 3.78. The van der Waals surface area contributed by atoms with Gasteiger partial charge in [-0.1, -0.05) is 6.07 Å². The van der Waals surface area contributed by atoms with Crippen LogP contribution in [0.5, 0.6) is 0 Å². The van der Waals surface area contributed by atoms with Gasteiger partial charge in [0.25, 0.3) is 0 Å². The van der Waals surface area contributed by atoms with Crippen molar-refractivity contribution in [1.29, 1.82) is 0 Å². The molecule has 0 unspecified atom stereocenters. The maximum Gasteiger partial charge on any atom is 0.354 e. The van der Waals surface area contributed by atoms with Crippen LogP contribution in [0.1, 0.15) is 16.3 Å². The van der Waals surface area contributed by atoms with Crippen molar-refractivity contribution in [2.45, 2.75) is 6.92 Å². The molecule has 2 aromatic rings. The van der Waals surface area contributed by atoms with Crippen molar-refractivity contribution in [3.8, 4) is 10.6 Å². The van der Waals surface area contributed by atoms with Crippen molar-refractivity contribution >= 4 is 17.3 Å². The average Bonchev–Trinajstić information content (AvgIpc) is 2.69. The topological polar surface area (TPSA) is 63.1 Å². The largest absolute Gasteiger partial charge is 0.477 e. The summed E-state index contributed by atoms with van der Waals surface area (Å²) in [4.78, 5) is 19.8. The zero-order valence-corrected chi connectivity index (χ0v) is 8.78. The first-order valence-electron chi connectivity index (χ1n) is 4.29. The number of aryl methyl sites for hydroxylation is 1. The molecule has 15 heavy (non-hydrogen) atoms. The fraction of sp³-hybridized carbons (Fsp3) is 0.100. The van der Waals surface area contributed by atoms with E-state index in [1.54, 1.807) is 6.92 Å². The fourth-order valence-corrected chi connectivity index (χ4v) is 1.91. The predicted octanol–water partition coefficient (Wildman–Crippen LogP) is 2.21. The maximum atomic E-state index is 10.8. The van der Waals surface area contributed by atoms with Gasteiger partial charge in [0, 0.05) is 0 Å². The van der Waals surface area contributed by atoms with Crippen LogP contribution in [0.25, 0.3) is 10.6 Å². The Hall–Kier alpha value is -1.75. The quantitative estimate of drug-likeness (QED) is 0.842. The van der Waals surface area contributed by atoms with Crippen LogP contribution in [0.15, 0.2) is 23.6 Å². The van der Waals surface area contributed by atoms with Crippen LogP contribution >= 0.6 is 11.3 Å². The molecule has 0 aliphatic carbocycles. The molecule has 76 valence electrons. The first-order chi connectivity index (χ1) is 7.16. The molecule has 2 heterocycles. The van der Waals surface area contributed by atoms with E-state index >= 15 is 0 Å². The lowest BCUT2D eigenvalue weighted by Crippen LogP contribution is -2.03. The van der Waals surface area contributed by atoms with Crippen LogP contribution in [0.3, 0.4) is 0 Å². The van der Waals surface area contributed by atoms with E-state index in [1.807, 2.05) is 17.5 Å². The fourth-order valence-electron chi connectivity index (χ4n) is 1.23. The van der Waals surface area contributed by atoms with Gasteiger partial charge in [-0.05, 0) is 24.4 Å². The number of aromatic carboxylic acids is 1. The molecule has 0 aliphatic heterocycles. The van der Waals surface area contributed by atoms with Gasteiger partial charge >= 0.3 is 5.97 Å². The molecule has 1 N–H and O–H groups in total. The number of hydrogen-bond donors (Lipinski definition) is 1. The van der Waals surface area contributed by atoms with E-state index in [9.17, 15) is 4.79 Å². The van der Waals surface area contributed by atoms with Crippen molar-refractivity contribution < 1.29 is 9.90 Å². The summed E-state index contributed by atoms with van der Waals surface area (Å²) in [7, 11) is 0. The molecule has 0 fully saturated rings. The zero-order chi connectivity index (χ0) is 10.8. The van der Waals surface area contributed by atoms with Gasteiger partial charge in [-0.15, -0.1) is 11.3 Å². The van der Waals surface area contributed by atoms with Crippen LogP contribution in [-0.4, -0.2) is 21.0 Å². The summed E-state index contributed by atoms with van der Waals surface area (Å²) in [6.45, 7) is 1.68. The highest BCUT2D eigenvalue weighted by molar-refractivity contribution is 7.13. The summed E-state index contributed by atoms with van der Waals surface area (Å²) < 4.78 is 0. The second-order valence-electron chi connectivity index (χ2n) is 2.97. The van der Waals surface area contributed by atoms with Gasteiger partial charge in [0.2, 0.25) is 0 Å². The number of nitrogens with zero attached hydrogens (tertiary/aromatic N) is 2. The highest BCUT2D eigenvalue weighted by Gasteiger charge is 2.09. The lowest BCUT2D eigenvalue weighted by Gasteiger charge is -2.00. The van der Waals surface area contributed by atoms with E-state index in [2.05, 4.69) is 9.97 Å². The minimum absolute atomic E-state index is 0.0332. The molecular formula is C10H8N2O2S. The first kappa shape index (κ1) is 9.79. The standard InChI is InChI=1S/C10H8N2O2S/c1-6-11-7(9-3-2-4-15-9)5-8(12-6)10(13)14/h2-5H,1H3,(H,13,14). The Kier molecular flexibility index (Phi) is 2.47. The molecule has 0 bridgehead atoms. The van der Waals surface area contributed by atoms with Crippen molar-refractivity contribution in [3.63, 3.8) is 0 Å². The van der Waals surface area contributed by atoms with Gasteiger partial charge in [0.05, 0.1) is 10.6 Å². The van der Waals surface area contributed by atoms with Crippen LogP contribution in [0, 0.1) is 6.92 Å². The Morgan fingerprint density at radius 1 is 1.47 bits per heavy atom. The smallest absolute Gasteiger partial charge is 0.354 e. The van der Waals surface area contributed by atoms with Gasteiger partial charge in [-0.2, -0.15) is 0 Å². The molecule has 0 saturated heterocycles. The number of carbonyl (C=O) groups is 1. The van der Waals surface area contributed by atoms with Gasteiger partial charge < -0.3 is 5.11 Å². The Bertz CT molecular complexity index is 494. The van der Waals surface area contributed by atoms with Gasteiger partial charge in [0.1, 0.15) is 5.82 Å². The molecule has 2 rings (SSSR count). The van der Waals surface area contributed by atoms with Crippen LogP contribution in [0.2, 0.25) is 0 Å². The van der Waals surface area contributed by atoms with Crippen molar-refractivity contribution in [2.24, 2.45) is 0 Å². The van der Waals surface area contributed by atoms with Crippen molar-refractivity contribution in [1.82, 2.24) is 9.97 Å². The highest BCUT2D eigenvalue weighted by atomic mass is 32.1. The van der Waals surface area contributed by atoms with Gasteiger partial charge in [0.15, 0.2) is 5.69 Å². The SMILES string of the molecule is Cc1nc(C(=O)O)cc(-c2cccs2)n1. The lowest BCUT2D eigenvalue weighted by atomic mass is 10.3. The summed E-state index contributed by atoms with van der Waals surface area (Å²) in [6, 6.07) is 5.29. The van der Waals surface area contributed by atoms with Gasteiger partial charge in [-0.3, -0.25) is 0 Å². The minimum atomic E-state index is -1.03. The monoisotopic (exact) mass is 220 g/mol. The zero-order valence-electron chi connectivity index (χ0n) is 7.97. The van der Waals surface area contributed by atoms with E-state index < -0.39 is 5.97 Å². The average molecular weight is 220 g/mol. The van der Waals surface area contributed by atoms with Crippen LogP contribution < -0.4 is 0 Å². The number of carboxylic acids is 1. The molecular weight excluding hydrogens is 212 g/mol. The number of thiophene rings is 1. The number of hydrogen-bond acceptors (Lipinski definition) is 4. The molecule has 2 aromatic heterocycles. The molecule has 4 nitrogen and oxygen atoms in total. The lowest BCUT2D eigenvalue weighted by molar-refractivity contribution is 0.0690. The van der Waals surface area contributed by atoms with Crippen LogP contribution in [0.4, 0.5) is 0 Å². The van der Waals surface area contributed by atoms with Crippen molar-refractivity contribution in [3.05, 3.63) is 35.1 Å². The second-order valence-corrected chi connectivity index (χ2v) is 3.92. The minimum Gasteiger partial charge on any atom is -0.477 e. The molecule has 0 aliphatic rings. The van der Waals surface area contributed by atoms with Crippen LogP contribution in [-0.2, 0) is 0 Å². The third-order valence-electron chi connectivity index (χ3n) is 1.83. The Labute approximate surface area is 90.3 Å². The molecule has 0 atom stereocenters. The summed E-state index contributed by atoms with van der Waals surface area (Å²) in [5, 5.41) is 10.8. The third kappa shape index (κ3) is 2.02. The molecule has 0 saturated carbocycles. The molecule has 0 amide bonds. The number of rotatable bonds is 2. The van der Waals surface area contributed by atoms with E-state index in [-0.39, 0.29) is 5.69 Å². The van der Waals surface area contributed by atoms with Gasteiger partial charge in [-0.25, -0.2) is 14.8 Å². The predicted molar refractivity (Wildman–Crippen MR) is 57.0 cm³/mol. The Morgan fingerprint density at radius 2 is 2.27 bits per heavy atom. The molecule has 0 spiro atoms. The number of carboxylic acid groups (broad SMARTS) is 1. The van der Waals surface area contributed by atoms with Crippen molar-refractivity contribution in [2.75, 3.05) is 0 Å². The highest BCUT2D eigenvalue weighted by Crippen LogP contribution is 2.23. The van der Waals surface area contributed by atoms with E-state index in [0.717, 1.165) is 4.88 Å². The normalized spacial score (nSPS) is 10.2. The molecule has 0 aromatic carbocycles. The van der Waals surface area contributed by atoms with E-state index in [1.165, 1.54) is 17.4 Å². The molecule has 5 heteroatoms. The number of aromatic nitrogens is 2. The van der Waals surface area contributed by atoms with E-state index in [0.29, 0.717) is 11.5 Å². The molecule has 0 radical (unpaired) electrons. The Balaban J connectivity index is 2.54. The summed E-state index contributed by atoms with van der Waals surface area (Å²) >= 11 is 1.52. The third-order valence-corrected chi connectivity index (χ3v) is 2.72. The Morgan fingerprint density at radius 3 is 2.87 bits per heavy atom. The van der Waals surface area contributed by atoms with E-state index in [4.69, 9.17) is 5.11 Å². The summed E-state index contributed by atoms with van der Waals surface area (Å²) in [6.07, 6.45) is 0. The summed E-state index contributed by atoms with van der Waals surface area (Å²) in [5.74, 6) is -0.559. The summed E-state index contributed by atoms with van der Waals surface area (Å²) in [5.41, 5.74) is 0.695. The first-order valence-corrected chi connectivity index (χ1v) is 5.17. The maximum absolute atomic E-state index is 10.8.